The van der Waals surface area contributed by atoms with Crippen molar-refractivity contribution in [3.8, 4) is 5.69 Å². The van der Waals surface area contributed by atoms with E-state index >= 15 is 0 Å². The maximum absolute atomic E-state index is 6.30. The molecule has 0 spiro atoms. The monoisotopic (exact) mass is 309 g/mol. The summed E-state index contributed by atoms with van der Waals surface area (Å²) in [6, 6.07) is 5.47. The Hall–Kier alpha value is -1.19. The summed E-state index contributed by atoms with van der Waals surface area (Å²) in [6.45, 7) is 3.16. The Morgan fingerprint density at radius 1 is 1.35 bits per heavy atom. The van der Waals surface area contributed by atoms with Gasteiger partial charge in [0.05, 0.1) is 16.4 Å². The molecule has 1 aliphatic heterocycles. The second-order valence-electron chi connectivity index (χ2n) is 5.06. The quantitative estimate of drug-likeness (QED) is 0.901. The fourth-order valence-electron chi connectivity index (χ4n) is 2.61. The van der Waals surface area contributed by atoms with Gasteiger partial charge in [-0.05, 0) is 37.5 Å². The van der Waals surface area contributed by atoms with Crippen molar-refractivity contribution in [3.05, 3.63) is 39.5 Å². The van der Waals surface area contributed by atoms with Gasteiger partial charge in [-0.15, -0.1) is 0 Å². The summed E-state index contributed by atoms with van der Waals surface area (Å²) in [5, 5.41) is 9.49. The van der Waals surface area contributed by atoms with E-state index in [1.54, 1.807) is 6.07 Å². The van der Waals surface area contributed by atoms with Crippen LogP contribution >= 0.6 is 23.2 Å². The Morgan fingerprint density at radius 2 is 2.20 bits per heavy atom. The smallest absolute Gasteiger partial charge is 0.133 e. The highest BCUT2D eigenvalue weighted by Crippen LogP contribution is 2.33. The zero-order valence-electron chi connectivity index (χ0n) is 11.4. The molecule has 0 radical (unpaired) electrons. The molecule has 0 saturated carbocycles. The molecule has 0 unspecified atom stereocenters. The third-order valence-corrected chi connectivity index (χ3v) is 4.19. The molecule has 5 heteroatoms. The van der Waals surface area contributed by atoms with Crippen molar-refractivity contribution < 1.29 is 0 Å². The molecule has 1 aromatic heterocycles. The summed E-state index contributed by atoms with van der Waals surface area (Å²) >= 11 is 12.4. The van der Waals surface area contributed by atoms with Gasteiger partial charge in [-0.3, -0.25) is 0 Å². The van der Waals surface area contributed by atoms with Gasteiger partial charge in [0.2, 0.25) is 0 Å². The SMILES string of the molecule is CCCCc1nn(-c2cc(Cl)ccc2Cl)c2c1CCN2. The normalized spacial score (nSPS) is 13.3. The fraction of sp³-hybridized carbons (Fsp3) is 0.400. The van der Waals surface area contributed by atoms with Gasteiger partial charge in [-0.2, -0.15) is 5.10 Å². The van der Waals surface area contributed by atoms with Crippen LogP contribution in [0.1, 0.15) is 31.0 Å². The van der Waals surface area contributed by atoms with Crippen LogP contribution in [-0.2, 0) is 12.8 Å². The predicted octanol–water partition coefficient (Wildman–Crippen LogP) is 4.49. The third kappa shape index (κ3) is 2.40. The van der Waals surface area contributed by atoms with E-state index in [0.717, 1.165) is 37.3 Å². The van der Waals surface area contributed by atoms with Crippen molar-refractivity contribution in [3.63, 3.8) is 0 Å². The zero-order chi connectivity index (χ0) is 14.1. The van der Waals surface area contributed by atoms with Crippen molar-refractivity contribution in [2.75, 3.05) is 11.9 Å². The van der Waals surface area contributed by atoms with Gasteiger partial charge in [0.1, 0.15) is 5.82 Å². The second-order valence-corrected chi connectivity index (χ2v) is 5.91. The Balaban J connectivity index is 2.07. The van der Waals surface area contributed by atoms with Crippen LogP contribution in [0.3, 0.4) is 0 Å². The number of unbranched alkanes of at least 4 members (excludes halogenated alkanes) is 1. The molecule has 0 aliphatic carbocycles. The van der Waals surface area contributed by atoms with Crippen LogP contribution in [0.4, 0.5) is 5.82 Å². The van der Waals surface area contributed by atoms with Gasteiger partial charge in [0, 0.05) is 17.1 Å². The Bertz CT molecular complexity index is 634. The lowest BCUT2D eigenvalue weighted by molar-refractivity contribution is 0.744. The Labute approximate surface area is 128 Å². The van der Waals surface area contributed by atoms with Crippen molar-refractivity contribution in [1.82, 2.24) is 9.78 Å². The van der Waals surface area contributed by atoms with E-state index in [-0.39, 0.29) is 0 Å². The predicted molar refractivity (Wildman–Crippen MR) is 84.4 cm³/mol. The molecule has 0 fully saturated rings. The number of fused-ring (bicyclic) bond motifs is 1. The summed E-state index contributed by atoms with van der Waals surface area (Å²) < 4.78 is 1.90. The van der Waals surface area contributed by atoms with Crippen molar-refractivity contribution >= 4 is 29.0 Å². The fourth-order valence-corrected chi connectivity index (χ4v) is 2.98. The molecule has 3 rings (SSSR count). The topological polar surface area (TPSA) is 29.9 Å². The number of benzene rings is 1. The first kappa shape index (κ1) is 13.8. The van der Waals surface area contributed by atoms with Crippen LogP contribution in [0.25, 0.3) is 5.69 Å². The number of aryl methyl sites for hydroxylation is 1. The van der Waals surface area contributed by atoms with Crippen LogP contribution in [0.15, 0.2) is 18.2 Å². The molecule has 2 heterocycles. The average Bonchev–Trinajstić information content (AvgIpc) is 3.02. The van der Waals surface area contributed by atoms with Gasteiger partial charge in [0.15, 0.2) is 0 Å². The highest BCUT2D eigenvalue weighted by atomic mass is 35.5. The van der Waals surface area contributed by atoms with E-state index in [9.17, 15) is 0 Å². The lowest BCUT2D eigenvalue weighted by Crippen LogP contribution is -2.05. The minimum absolute atomic E-state index is 0.662. The summed E-state index contributed by atoms with van der Waals surface area (Å²) in [4.78, 5) is 0. The number of nitrogens with one attached hydrogen (secondary N) is 1. The van der Waals surface area contributed by atoms with Gasteiger partial charge >= 0.3 is 0 Å². The number of halogens is 2. The van der Waals surface area contributed by atoms with E-state index in [4.69, 9.17) is 28.3 Å². The van der Waals surface area contributed by atoms with Crippen LogP contribution < -0.4 is 5.32 Å². The van der Waals surface area contributed by atoms with Crippen molar-refractivity contribution in [2.24, 2.45) is 0 Å². The molecule has 0 amide bonds. The van der Waals surface area contributed by atoms with Crippen molar-refractivity contribution in [1.29, 1.82) is 0 Å². The molecule has 20 heavy (non-hydrogen) atoms. The number of rotatable bonds is 4. The van der Waals surface area contributed by atoms with Crippen LogP contribution in [0, 0.1) is 0 Å². The van der Waals surface area contributed by atoms with Gasteiger partial charge in [-0.25, -0.2) is 4.68 Å². The number of anilines is 1. The summed E-state index contributed by atoms with van der Waals surface area (Å²) in [7, 11) is 0. The molecule has 2 aromatic rings. The largest absolute Gasteiger partial charge is 0.369 e. The number of hydrogen-bond acceptors (Lipinski definition) is 2. The molecule has 3 nitrogen and oxygen atoms in total. The third-order valence-electron chi connectivity index (χ3n) is 3.64. The standard InChI is InChI=1S/C15H17Cl2N3/c1-2-3-4-13-11-7-8-18-15(11)20(19-13)14-9-10(16)5-6-12(14)17/h5-6,9,18H,2-4,7-8H2,1H3. The van der Waals surface area contributed by atoms with E-state index in [1.165, 1.54) is 17.7 Å². The van der Waals surface area contributed by atoms with E-state index in [0.29, 0.717) is 10.0 Å². The lowest BCUT2D eigenvalue weighted by Gasteiger charge is -2.08. The summed E-state index contributed by atoms with van der Waals surface area (Å²) in [5.41, 5.74) is 3.35. The molecule has 106 valence electrons. The number of nitrogens with zero attached hydrogens (tertiary/aromatic N) is 2. The molecular weight excluding hydrogens is 293 g/mol. The Kier molecular flexibility index (Phi) is 3.90. The zero-order valence-corrected chi connectivity index (χ0v) is 12.9. The highest BCUT2D eigenvalue weighted by molar-refractivity contribution is 6.34. The van der Waals surface area contributed by atoms with E-state index < -0.39 is 0 Å². The number of hydrogen-bond donors (Lipinski definition) is 1. The summed E-state index contributed by atoms with van der Waals surface area (Å²) in [5.74, 6) is 1.07. The van der Waals surface area contributed by atoms with Gasteiger partial charge in [0.25, 0.3) is 0 Å². The van der Waals surface area contributed by atoms with Crippen LogP contribution in [0.5, 0.6) is 0 Å². The summed E-state index contributed by atoms with van der Waals surface area (Å²) in [6.07, 6.45) is 4.39. The molecule has 0 atom stereocenters. The molecule has 0 bridgehead atoms. The second kappa shape index (κ2) is 5.66. The maximum atomic E-state index is 6.30. The first-order chi connectivity index (χ1) is 9.70. The van der Waals surface area contributed by atoms with Crippen LogP contribution in [-0.4, -0.2) is 16.3 Å². The Morgan fingerprint density at radius 3 is 3.00 bits per heavy atom. The van der Waals surface area contributed by atoms with Gasteiger partial charge < -0.3 is 5.32 Å². The van der Waals surface area contributed by atoms with Crippen molar-refractivity contribution in [2.45, 2.75) is 32.6 Å². The first-order valence-electron chi connectivity index (χ1n) is 7.00. The lowest BCUT2D eigenvalue weighted by atomic mass is 10.1. The first-order valence-corrected chi connectivity index (χ1v) is 7.76. The van der Waals surface area contributed by atoms with Crippen LogP contribution in [0.2, 0.25) is 10.0 Å². The van der Waals surface area contributed by atoms with E-state index in [1.807, 2.05) is 16.8 Å². The minimum atomic E-state index is 0.662. The number of aromatic nitrogens is 2. The molecule has 1 aliphatic rings. The molecule has 0 saturated heterocycles. The maximum Gasteiger partial charge on any atom is 0.133 e. The minimum Gasteiger partial charge on any atom is -0.369 e. The van der Waals surface area contributed by atoms with E-state index in [2.05, 4.69) is 12.2 Å². The molecule has 1 aromatic carbocycles. The average molecular weight is 310 g/mol. The highest BCUT2D eigenvalue weighted by Gasteiger charge is 2.23. The van der Waals surface area contributed by atoms with Gasteiger partial charge in [-0.1, -0.05) is 36.5 Å². The molecular formula is C15H17Cl2N3. The molecule has 1 N–H and O–H groups in total.